The third-order valence-electron chi connectivity index (χ3n) is 3.20. The lowest BCUT2D eigenvalue weighted by atomic mass is 10.2. The molecular formula is C15H8Cl2F4N4O. The van der Waals surface area contributed by atoms with Crippen LogP contribution in [0, 0.1) is 5.82 Å². The minimum atomic E-state index is -4.95. The number of alkyl halides is 3. The maximum Gasteiger partial charge on any atom is 0.573 e. The molecule has 5 nitrogen and oxygen atoms in total. The number of hydrogen-bond donors (Lipinski definition) is 0. The summed E-state index contributed by atoms with van der Waals surface area (Å²) in [7, 11) is 1.49. The molecule has 26 heavy (non-hydrogen) atoms. The van der Waals surface area contributed by atoms with Gasteiger partial charge in [0.2, 0.25) is 0 Å². The molecule has 0 radical (unpaired) electrons. The van der Waals surface area contributed by atoms with E-state index in [4.69, 9.17) is 23.2 Å². The summed E-state index contributed by atoms with van der Waals surface area (Å²) in [6.07, 6.45) is -2.26. The first-order valence-electron chi connectivity index (χ1n) is 6.91. The predicted molar refractivity (Wildman–Crippen MR) is 86.3 cm³/mol. The molecule has 0 bridgehead atoms. The van der Waals surface area contributed by atoms with E-state index in [2.05, 4.69) is 19.8 Å². The van der Waals surface area contributed by atoms with Crippen molar-refractivity contribution in [2.24, 2.45) is 7.05 Å². The fraction of sp³-hybridized carbons (Fsp3) is 0.133. The van der Waals surface area contributed by atoms with Crippen molar-refractivity contribution < 1.29 is 22.3 Å². The molecule has 0 unspecified atom stereocenters. The van der Waals surface area contributed by atoms with Crippen molar-refractivity contribution in [3.8, 4) is 28.5 Å². The third-order valence-corrected chi connectivity index (χ3v) is 3.78. The van der Waals surface area contributed by atoms with Gasteiger partial charge in [0.25, 0.3) is 0 Å². The van der Waals surface area contributed by atoms with Crippen LogP contribution in [0.25, 0.3) is 22.8 Å². The molecule has 3 aromatic rings. The highest BCUT2D eigenvalue weighted by Gasteiger charge is 2.31. The van der Waals surface area contributed by atoms with Crippen LogP contribution in [0.4, 0.5) is 17.6 Å². The van der Waals surface area contributed by atoms with E-state index in [0.29, 0.717) is 11.6 Å². The second-order valence-corrected chi connectivity index (χ2v) is 5.90. The van der Waals surface area contributed by atoms with Gasteiger partial charge in [0.05, 0.1) is 15.6 Å². The molecule has 0 spiro atoms. The van der Waals surface area contributed by atoms with E-state index in [1.54, 1.807) is 0 Å². The largest absolute Gasteiger partial charge is 0.573 e. The van der Waals surface area contributed by atoms with Crippen LogP contribution < -0.4 is 4.74 Å². The molecule has 0 aliphatic carbocycles. The normalized spacial score (nSPS) is 11.7. The predicted octanol–water partition coefficient (Wildman–Crippen LogP) is 4.89. The standard InChI is InChI=1S/C15H8Cl2F4N4O/c1-25-14(7-2-8(18)4-9(3-7)26-15(19,20)21)23-13(24-25)12-10(16)5-22-6-11(12)17/h2-6H,1H3. The van der Waals surface area contributed by atoms with E-state index in [-0.39, 0.29) is 27.3 Å². The molecule has 0 saturated heterocycles. The summed E-state index contributed by atoms with van der Waals surface area (Å²) >= 11 is 12.1. The van der Waals surface area contributed by atoms with Gasteiger partial charge in [0, 0.05) is 31.1 Å². The molecule has 0 fully saturated rings. The number of hydrogen-bond acceptors (Lipinski definition) is 4. The van der Waals surface area contributed by atoms with E-state index in [0.717, 1.165) is 12.1 Å². The maximum absolute atomic E-state index is 13.7. The lowest BCUT2D eigenvalue weighted by Crippen LogP contribution is -2.17. The van der Waals surface area contributed by atoms with Crippen molar-refractivity contribution in [1.29, 1.82) is 0 Å². The minimum Gasteiger partial charge on any atom is -0.406 e. The van der Waals surface area contributed by atoms with Crippen LogP contribution >= 0.6 is 23.2 Å². The van der Waals surface area contributed by atoms with Crippen molar-refractivity contribution in [3.05, 3.63) is 46.5 Å². The van der Waals surface area contributed by atoms with E-state index >= 15 is 0 Å². The van der Waals surface area contributed by atoms with Gasteiger partial charge in [-0.05, 0) is 12.1 Å². The average molecular weight is 407 g/mol. The van der Waals surface area contributed by atoms with Gasteiger partial charge in [-0.1, -0.05) is 23.2 Å². The monoisotopic (exact) mass is 406 g/mol. The Morgan fingerprint density at radius 1 is 1.08 bits per heavy atom. The number of rotatable bonds is 3. The van der Waals surface area contributed by atoms with Crippen LogP contribution in [0.3, 0.4) is 0 Å². The van der Waals surface area contributed by atoms with Gasteiger partial charge in [-0.25, -0.2) is 14.1 Å². The molecule has 0 N–H and O–H groups in total. The number of aromatic nitrogens is 4. The SMILES string of the molecule is Cn1nc(-c2c(Cl)cncc2Cl)nc1-c1cc(F)cc(OC(F)(F)F)c1. The van der Waals surface area contributed by atoms with E-state index in [9.17, 15) is 17.6 Å². The van der Waals surface area contributed by atoms with Gasteiger partial charge in [-0.15, -0.1) is 13.2 Å². The fourth-order valence-corrected chi connectivity index (χ4v) is 2.78. The molecule has 0 aliphatic rings. The van der Waals surface area contributed by atoms with Gasteiger partial charge >= 0.3 is 6.36 Å². The molecule has 0 aliphatic heterocycles. The summed E-state index contributed by atoms with van der Waals surface area (Å²) in [5, 5.41) is 4.52. The highest BCUT2D eigenvalue weighted by molar-refractivity contribution is 6.38. The molecule has 2 aromatic heterocycles. The van der Waals surface area contributed by atoms with Gasteiger partial charge in [-0.3, -0.25) is 4.98 Å². The fourth-order valence-electron chi connectivity index (χ4n) is 2.25. The summed E-state index contributed by atoms with van der Waals surface area (Å²) in [5.41, 5.74) is 0.333. The van der Waals surface area contributed by atoms with E-state index < -0.39 is 17.9 Å². The van der Waals surface area contributed by atoms with Crippen molar-refractivity contribution >= 4 is 23.2 Å². The summed E-state index contributed by atoms with van der Waals surface area (Å²) in [4.78, 5) is 8.02. The van der Waals surface area contributed by atoms with Crippen LogP contribution in [-0.2, 0) is 7.05 Å². The zero-order valence-corrected chi connectivity index (χ0v) is 14.4. The summed E-state index contributed by atoms with van der Waals surface area (Å²) < 4.78 is 55.9. The summed E-state index contributed by atoms with van der Waals surface area (Å²) in [6, 6.07) is 2.62. The lowest BCUT2D eigenvalue weighted by molar-refractivity contribution is -0.274. The maximum atomic E-state index is 13.7. The van der Waals surface area contributed by atoms with Crippen LogP contribution in [0.2, 0.25) is 10.0 Å². The highest BCUT2D eigenvalue weighted by Crippen LogP contribution is 2.34. The molecule has 0 saturated carbocycles. The van der Waals surface area contributed by atoms with Gasteiger partial charge in [0.1, 0.15) is 11.6 Å². The van der Waals surface area contributed by atoms with Crippen LogP contribution in [0.5, 0.6) is 5.75 Å². The Morgan fingerprint density at radius 2 is 1.73 bits per heavy atom. The van der Waals surface area contributed by atoms with Crippen LogP contribution in [0.1, 0.15) is 0 Å². The van der Waals surface area contributed by atoms with Crippen LogP contribution in [-0.4, -0.2) is 26.1 Å². The van der Waals surface area contributed by atoms with Crippen molar-refractivity contribution in [1.82, 2.24) is 19.7 Å². The van der Waals surface area contributed by atoms with Crippen molar-refractivity contribution in [3.63, 3.8) is 0 Å². The van der Waals surface area contributed by atoms with E-state index in [1.165, 1.54) is 24.1 Å². The zero-order valence-electron chi connectivity index (χ0n) is 12.9. The topological polar surface area (TPSA) is 52.8 Å². The first-order chi connectivity index (χ1) is 12.1. The Hall–Kier alpha value is -2.39. The van der Waals surface area contributed by atoms with Gasteiger partial charge in [-0.2, -0.15) is 5.10 Å². The number of benzene rings is 1. The van der Waals surface area contributed by atoms with E-state index in [1.807, 2.05) is 0 Å². The zero-order chi connectivity index (χ0) is 19.1. The average Bonchev–Trinajstić information content (AvgIpc) is 2.86. The molecule has 136 valence electrons. The molecule has 3 rings (SSSR count). The smallest absolute Gasteiger partial charge is 0.406 e. The number of halogens is 6. The Bertz CT molecular complexity index is 955. The second kappa shape index (κ2) is 6.73. The van der Waals surface area contributed by atoms with Crippen molar-refractivity contribution in [2.45, 2.75) is 6.36 Å². The Balaban J connectivity index is 2.08. The number of ether oxygens (including phenoxy) is 1. The number of nitrogens with zero attached hydrogens (tertiary/aromatic N) is 4. The molecule has 1 aromatic carbocycles. The van der Waals surface area contributed by atoms with Gasteiger partial charge in [0.15, 0.2) is 11.6 Å². The molecule has 11 heteroatoms. The minimum absolute atomic E-state index is 0.0341. The molecule has 2 heterocycles. The highest BCUT2D eigenvalue weighted by atomic mass is 35.5. The van der Waals surface area contributed by atoms with Crippen LogP contribution in [0.15, 0.2) is 30.6 Å². The summed E-state index contributed by atoms with van der Waals surface area (Å²) in [5.74, 6) is -1.43. The Labute approximate surface area is 154 Å². The third kappa shape index (κ3) is 3.88. The second-order valence-electron chi connectivity index (χ2n) is 5.08. The summed E-state index contributed by atoms with van der Waals surface area (Å²) in [6.45, 7) is 0. The Kier molecular flexibility index (Phi) is 4.76. The number of pyridine rings is 1. The van der Waals surface area contributed by atoms with Gasteiger partial charge < -0.3 is 4.74 Å². The Morgan fingerprint density at radius 3 is 2.35 bits per heavy atom. The molecule has 0 amide bonds. The number of aryl methyl sites for hydroxylation is 1. The molecular weight excluding hydrogens is 399 g/mol. The first kappa shape index (κ1) is 18.4. The lowest BCUT2D eigenvalue weighted by Gasteiger charge is -2.10. The molecule has 0 atom stereocenters. The first-order valence-corrected chi connectivity index (χ1v) is 7.67. The quantitative estimate of drug-likeness (QED) is 0.581. The van der Waals surface area contributed by atoms with Crippen molar-refractivity contribution in [2.75, 3.05) is 0 Å².